The summed E-state index contributed by atoms with van der Waals surface area (Å²) in [6, 6.07) is 1.21. The maximum atomic E-state index is 12.5. The third kappa shape index (κ3) is 2.64. The minimum Gasteiger partial charge on any atom is -0.464 e. The van der Waals surface area contributed by atoms with Crippen molar-refractivity contribution in [3.8, 4) is 0 Å². The molecule has 0 fully saturated rings. The molecule has 16 heavy (non-hydrogen) atoms. The number of nitrogens with two attached hydrogens (primary N) is 1. The van der Waals surface area contributed by atoms with Gasteiger partial charge < -0.3 is 10.5 Å². The van der Waals surface area contributed by atoms with E-state index in [1.165, 1.54) is 6.07 Å². The molecule has 0 bridgehead atoms. The molecule has 88 valence electrons. The second-order valence-electron chi connectivity index (χ2n) is 2.85. The number of pyridine rings is 1. The number of hydrogen-bond acceptors (Lipinski definition) is 4. The second kappa shape index (κ2) is 5.48. The van der Waals surface area contributed by atoms with Gasteiger partial charge in [-0.2, -0.15) is 0 Å². The lowest BCUT2D eigenvalue weighted by Gasteiger charge is -2.09. The first-order valence-electron chi connectivity index (χ1n) is 4.27. The van der Waals surface area contributed by atoms with Gasteiger partial charge in [0.15, 0.2) is 5.69 Å². The predicted molar refractivity (Wildman–Crippen MR) is 61.1 cm³/mol. The Morgan fingerprint density at radius 1 is 1.69 bits per heavy atom. The molecule has 0 atom stereocenters. The topological polar surface area (TPSA) is 65.2 Å². The smallest absolute Gasteiger partial charge is 0.357 e. The lowest BCUT2D eigenvalue weighted by molar-refractivity contribution is 0.0590. The van der Waals surface area contributed by atoms with E-state index >= 15 is 0 Å². The maximum absolute atomic E-state index is 12.5. The van der Waals surface area contributed by atoms with E-state index in [-0.39, 0.29) is 12.2 Å². The van der Waals surface area contributed by atoms with Gasteiger partial charge in [0.1, 0.15) is 5.69 Å². The van der Waals surface area contributed by atoms with Crippen LogP contribution in [0.5, 0.6) is 0 Å². The second-order valence-corrected chi connectivity index (χ2v) is 4.01. The molecule has 0 aliphatic heterocycles. The van der Waals surface area contributed by atoms with Crippen LogP contribution < -0.4 is 5.73 Å². The highest BCUT2D eigenvalue weighted by Gasteiger charge is 2.20. The van der Waals surface area contributed by atoms with Crippen LogP contribution in [0.4, 0.5) is 8.78 Å². The maximum Gasteiger partial charge on any atom is 0.357 e. The number of nitrogens with zero attached hydrogens (tertiary/aromatic N) is 1. The number of hydrogen-bond donors (Lipinski definition) is 1. The molecule has 0 aromatic carbocycles. The van der Waals surface area contributed by atoms with Crippen molar-refractivity contribution in [2.75, 3.05) is 7.11 Å². The molecule has 4 nitrogen and oxygen atoms in total. The zero-order chi connectivity index (χ0) is 12.3. The molecule has 0 saturated heterocycles. The van der Waals surface area contributed by atoms with Crippen molar-refractivity contribution in [2.24, 2.45) is 5.73 Å². The Labute approximate surface area is 104 Å². The van der Waals surface area contributed by atoms with Crippen LogP contribution in [0.15, 0.2) is 6.07 Å². The Hall–Kier alpha value is -0.830. The molecule has 1 aromatic rings. The fourth-order valence-electron chi connectivity index (χ4n) is 1.13. The summed E-state index contributed by atoms with van der Waals surface area (Å²) < 4.78 is 29.9. The summed E-state index contributed by atoms with van der Waals surface area (Å²) in [6.07, 6.45) is -2.73. The zero-order valence-electron chi connectivity index (χ0n) is 8.34. The van der Waals surface area contributed by atoms with Gasteiger partial charge in [0, 0.05) is 15.7 Å². The summed E-state index contributed by atoms with van der Waals surface area (Å²) in [5.41, 5.74) is 5.24. The van der Waals surface area contributed by atoms with Crippen molar-refractivity contribution in [2.45, 2.75) is 13.0 Å². The molecule has 0 radical (unpaired) electrons. The van der Waals surface area contributed by atoms with Gasteiger partial charge in [0.2, 0.25) is 0 Å². The lowest BCUT2D eigenvalue weighted by Crippen LogP contribution is -2.15. The van der Waals surface area contributed by atoms with E-state index in [1.807, 2.05) is 22.6 Å². The SMILES string of the molecule is COC(=O)c1nc(C(F)F)cc(I)c1CN. The van der Waals surface area contributed by atoms with Crippen LogP contribution in [0.2, 0.25) is 0 Å². The van der Waals surface area contributed by atoms with Gasteiger partial charge in [-0.15, -0.1) is 0 Å². The van der Waals surface area contributed by atoms with E-state index in [2.05, 4.69) is 9.72 Å². The fraction of sp³-hybridized carbons (Fsp3) is 0.333. The molecule has 1 aromatic heterocycles. The number of esters is 1. The van der Waals surface area contributed by atoms with Crippen LogP contribution in [-0.4, -0.2) is 18.1 Å². The summed E-state index contributed by atoms with van der Waals surface area (Å²) in [5.74, 6) is -0.763. The van der Waals surface area contributed by atoms with E-state index in [4.69, 9.17) is 5.73 Å². The van der Waals surface area contributed by atoms with Crippen molar-refractivity contribution in [1.82, 2.24) is 4.98 Å². The first-order valence-corrected chi connectivity index (χ1v) is 5.35. The third-order valence-corrected chi connectivity index (χ3v) is 2.86. The van der Waals surface area contributed by atoms with E-state index < -0.39 is 18.1 Å². The van der Waals surface area contributed by atoms with Crippen molar-refractivity contribution in [3.05, 3.63) is 26.6 Å². The quantitative estimate of drug-likeness (QED) is 0.673. The number of rotatable bonds is 3. The van der Waals surface area contributed by atoms with Crippen molar-refractivity contribution < 1.29 is 18.3 Å². The number of ether oxygens (including phenoxy) is 1. The highest BCUT2D eigenvalue weighted by Crippen LogP contribution is 2.23. The van der Waals surface area contributed by atoms with Crippen LogP contribution in [0.3, 0.4) is 0 Å². The van der Waals surface area contributed by atoms with Gasteiger partial charge in [-0.3, -0.25) is 0 Å². The molecule has 0 amide bonds. The molecule has 2 N–H and O–H groups in total. The van der Waals surface area contributed by atoms with Crippen LogP contribution in [0.1, 0.15) is 28.2 Å². The molecular weight excluding hydrogens is 333 g/mol. The van der Waals surface area contributed by atoms with Gasteiger partial charge in [-0.25, -0.2) is 18.6 Å². The largest absolute Gasteiger partial charge is 0.464 e. The summed E-state index contributed by atoms with van der Waals surface area (Å²) in [7, 11) is 1.16. The first-order chi connectivity index (χ1) is 7.51. The molecule has 1 rings (SSSR count). The fourth-order valence-corrected chi connectivity index (χ4v) is 1.93. The van der Waals surface area contributed by atoms with Gasteiger partial charge in [-0.05, 0) is 28.7 Å². The molecular formula is C9H9F2IN2O2. The summed E-state index contributed by atoms with van der Waals surface area (Å²) in [5, 5.41) is 0. The van der Waals surface area contributed by atoms with Crippen molar-refractivity contribution in [3.63, 3.8) is 0 Å². The van der Waals surface area contributed by atoms with Crippen molar-refractivity contribution in [1.29, 1.82) is 0 Å². The highest BCUT2D eigenvalue weighted by atomic mass is 127. The number of halogens is 3. The monoisotopic (exact) mass is 342 g/mol. The van der Waals surface area contributed by atoms with Crippen LogP contribution in [0.25, 0.3) is 0 Å². The average Bonchev–Trinajstić information content (AvgIpc) is 2.26. The number of methoxy groups -OCH3 is 1. The van der Waals surface area contributed by atoms with Crippen LogP contribution in [0, 0.1) is 3.57 Å². The first kappa shape index (κ1) is 13.2. The molecule has 1 heterocycles. The van der Waals surface area contributed by atoms with Crippen LogP contribution in [-0.2, 0) is 11.3 Å². The van der Waals surface area contributed by atoms with Gasteiger partial charge >= 0.3 is 5.97 Å². The Balaban J connectivity index is 3.36. The molecule has 0 unspecified atom stereocenters. The Kier molecular flexibility index (Phi) is 4.54. The minimum absolute atomic E-state index is 0.0409. The van der Waals surface area contributed by atoms with Gasteiger partial charge in [0.25, 0.3) is 6.43 Å². The average molecular weight is 342 g/mol. The molecule has 0 saturated carbocycles. The van der Waals surface area contributed by atoms with E-state index in [1.54, 1.807) is 0 Å². The van der Waals surface area contributed by atoms with Gasteiger partial charge in [-0.1, -0.05) is 0 Å². The number of carbonyl (C=O) groups excluding carboxylic acids is 1. The Morgan fingerprint density at radius 3 is 2.75 bits per heavy atom. The van der Waals surface area contributed by atoms with Crippen molar-refractivity contribution >= 4 is 28.6 Å². The summed E-state index contributed by atoms with van der Waals surface area (Å²) >= 11 is 1.83. The van der Waals surface area contributed by atoms with E-state index in [0.29, 0.717) is 9.13 Å². The highest BCUT2D eigenvalue weighted by molar-refractivity contribution is 14.1. The van der Waals surface area contributed by atoms with E-state index in [9.17, 15) is 13.6 Å². The molecule has 0 spiro atoms. The summed E-state index contributed by atoms with van der Waals surface area (Å²) in [6.45, 7) is 0.0409. The minimum atomic E-state index is -2.73. The summed E-state index contributed by atoms with van der Waals surface area (Å²) in [4.78, 5) is 14.9. The molecule has 7 heteroatoms. The third-order valence-electron chi connectivity index (χ3n) is 1.90. The normalized spacial score (nSPS) is 10.6. The number of aromatic nitrogens is 1. The number of carbonyl (C=O) groups is 1. The van der Waals surface area contributed by atoms with Crippen LogP contribution >= 0.6 is 22.6 Å². The molecule has 0 aliphatic carbocycles. The predicted octanol–water partition coefficient (Wildman–Crippen LogP) is 1.87. The standard InChI is InChI=1S/C9H9F2IN2O2/c1-16-9(15)7-4(3-13)5(12)2-6(14-7)8(10)11/h2,8H,3,13H2,1H3. The Morgan fingerprint density at radius 2 is 2.31 bits per heavy atom. The van der Waals surface area contributed by atoms with E-state index in [0.717, 1.165) is 7.11 Å². The lowest BCUT2D eigenvalue weighted by atomic mass is 10.1. The zero-order valence-corrected chi connectivity index (χ0v) is 10.5. The Bertz CT molecular complexity index is 413. The van der Waals surface area contributed by atoms with Gasteiger partial charge in [0.05, 0.1) is 7.11 Å². The number of alkyl halides is 2. The molecule has 0 aliphatic rings.